The standard InChI is InChI=1S/C12H20N2O4/c1-2-17-12(16)14-7-5-13(6-8-14)11(15)10-4-3-9-18-10/h10H,2-9H2,1H3/t10-/m0/s1. The van der Waals surface area contributed by atoms with E-state index in [2.05, 4.69) is 0 Å². The maximum atomic E-state index is 12.1. The summed E-state index contributed by atoms with van der Waals surface area (Å²) in [4.78, 5) is 27.0. The molecule has 0 aromatic heterocycles. The van der Waals surface area contributed by atoms with Crippen LogP contribution in [0.5, 0.6) is 0 Å². The quantitative estimate of drug-likeness (QED) is 0.720. The van der Waals surface area contributed by atoms with E-state index in [-0.39, 0.29) is 18.1 Å². The predicted molar refractivity (Wildman–Crippen MR) is 64.1 cm³/mol. The molecular weight excluding hydrogens is 236 g/mol. The van der Waals surface area contributed by atoms with Crippen molar-refractivity contribution in [2.75, 3.05) is 39.4 Å². The predicted octanol–water partition coefficient (Wildman–Crippen LogP) is 0.466. The van der Waals surface area contributed by atoms with Gasteiger partial charge in [-0.25, -0.2) is 4.79 Å². The van der Waals surface area contributed by atoms with Crippen LogP contribution in [0, 0.1) is 0 Å². The second-order valence-electron chi connectivity index (χ2n) is 4.51. The molecule has 2 aliphatic heterocycles. The third-order valence-electron chi connectivity index (χ3n) is 3.32. The highest BCUT2D eigenvalue weighted by Gasteiger charge is 2.31. The number of rotatable bonds is 2. The molecular formula is C12H20N2O4. The van der Waals surface area contributed by atoms with Gasteiger partial charge in [0, 0.05) is 32.8 Å². The zero-order valence-corrected chi connectivity index (χ0v) is 10.8. The average Bonchev–Trinajstić information content (AvgIpc) is 2.92. The summed E-state index contributed by atoms with van der Waals surface area (Å²) in [7, 11) is 0. The molecule has 18 heavy (non-hydrogen) atoms. The first-order chi connectivity index (χ1) is 8.72. The first-order valence-corrected chi connectivity index (χ1v) is 6.54. The van der Waals surface area contributed by atoms with Crippen LogP contribution in [0.4, 0.5) is 4.79 Å². The highest BCUT2D eigenvalue weighted by atomic mass is 16.6. The van der Waals surface area contributed by atoms with E-state index in [1.807, 2.05) is 0 Å². The molecule has 2 fully saturated rings. The lowest BCUT2D eigenvalue weighted by molar-refractivity contribution is -0.142. The zero-order chi connectivity index (χ0) is 13.0. The van der Waals surface area contributed by atoms with Crippen molar-refractivity contribution in [1.29, 1.82) is 0 Å². The summed E-state index contributed by atoms with van der Waals surface area (Å²) in [6.07, 6.45) is 1.22. The zero-order valence-electron chi connectivity index (χ0n) is 10.8. The van der Waals surface area contributed by atoms with Gasteiger partial charge >= 0.3 is 6.09 Å². The number of hydrogen-bond donors (Lipinski definition) is 0. The van der Waals surface area contributed by atoms with Gasteiger partial charge in [-0.3, -0.25) is 4.79 Å². The van der Waals surface area contributed by atoms with Crippen LogP contribution in [0.15, 0.2) is 0 Å². The van der Waals surface area contributed by atoms with Crippen LogP contribution < -0.4 is 0 Å². The van der Waals surface area contributed by atoms with Crippen molar-refractivity contribution >= 4 is 12.0 Å². The van der Waals surface area contributed by atoms with Crippen molar-refractivity contribution in [1.82, 2.24) is 9.80 Å². The van der Waals surface area contributed by atoms with E-state index in [4.69, 9.17) is 9.47 Å². The van der Waals surface area contributed by atoms with Crippen LogP contribution >= 0.6 is 0 Å². The van der Waals surface area contributed by atoms with E-state index in [0.29, 0.717) is 39.4 Å². The van der Waals surface area contributed by atoms with Crippen LogP contribution in [-0.4, -0.2) is 67.3 Å². The minimum absolute atomic E-state index is 0.0657. The summed E-state index contributed by atoms with van der Waals surface area (Å²) >= 11 is 0. The van der Waals surface area contributed by atoms with Gasteiger partial charge < -0.3 is 19.3 Å². The molecule has 0 aliphatic carbocycles. The number of nitrogens with zero attached hydrogens (tertiary/aromatic N) is 2. The Bertz CT molecular complexity index is 307. The first kappa shape index (κ1) is 13.1. The minimum atomic E-state index is -0.290. The normalized spacial score (nSPS) is 24.2. The fourth-order valence-corrected chi connectivity index (χ4v) is 2.30. The Balaban J connectivity index is 1.79. The van der Waals surface area contributed by atoms with E-state index < -0.39 is 0 Å². The number of carbonyl (C=O) groups is 2. The summed E-state index contributed by atoms with van der Waals surface area (Å²) in [5.74, 6) is 0.0657. The van der Waals surface area contributed by atoms with Crippen LogP contribution in [0.25, 0.3) is 0 Å². The van der Waals surface area contributed by atoms with E-state index in [9.17, 15) is 9.59 Å². The Morgan fingerprint density at radius 3 is 2.44 bits per heavy atom. The van der Waals surface area contributed by atoms with Crippen LogP contribution in [0.1, 0.15) is 19.8 Å². The fraction of sp³-hybridized carbons (Fsp3) is 0.833. The molecule has 0 aromatic rings. The van der Waals surface area contributed by atoms with Crippen molar-refractivity contribution in [3.05, 3.63) is 0 Å². The Morgan fingerprint density at radius 1 is 1.22 bits per heavy atom. The Labute approximate surface area is 107 Å². The van der Waals surface area contributed by atoms with Gasteiger partial charge in [0.15, 0.2) is 0 Å². The first-order valence-electron chi connectivity index (χ1n) is 6.54. The molecule has 0 radical (unpaired) electrons. The molecule has 2 saturated heterocycles. The lowest BCUT2D eigenvalue weighted by atomic mass is 10.2. The van der Waals surface area contributed by atoms with Crippen molar-refractivity contribution in [3.8, 4) is 0 Å². The summed E-state index contributed by atoms with van der Waals surface area (Å²) in [6, 6.07) is 0. The third kappa shape index (κ3) is 2.93. The van der Waals surface area contributed by atoms with E-state index in [1.54, 1.807) is 16.7 Å². The van der Waals surface area contributed by atoms with Crippen molar-refractivity contribution < 1.29 is 19.1 Å². The van der Waals surface area contributed by atoms with Gasteiger partial charge in [0.05, 0.1) is 6.61 Å². The fourth-order valence-electron chi connectivity index (χ4n) is 2.30. The van der Waals surface area contributed by atoms with E-state index in [0.717, 1.165) is 12.8 Å². The van der Waals surface area contributed by atoms with E-state index >= 15 is 0 Å². The lowest BCUT2D eigenvalue weighted by Crippen LogP contribution is -2.52. The minimum Gasteiger partial charge on any atom is -0.450 e. The third-order valence-corrected chi connectivity index (χ3v) is 3.32. The lowest BCUT2D eigenvalue weighted by Gasteiger charge is -2.35. The number of piperazine rings is 1. The molecule has 1 atom stereocenters. The highest BCUT2D eigenvalue weighted by molar-refractivity contribution is 5.81. The topological polar surface area (TPSA) is 59.1 Å². The molecule has 0 aromatic carbocycles. The molecule has 0 spiro atoms. The molecule has 6 heteroatoms. The summed E-state index contributed by atoms with van der Waals surface area (Å²) < 4.78 is 10.3. The Hall–Kier alpha value is -1.30. The number of amides is 2. The monoisotopic (exact) mass is 256 g/mol. The van der Waals surface area contributed by atoms with Gasteiger partial charge in [-0.2, -0.15) is 0 Å². The molecule has 0 unspecified atom stereocenters. The average molecular weight is 256 g/mol. The largest absolute Gasteiger partial charge is 0.450 e. The summed E-state index contributed by atoms with van der Waals surface area (Å²) in [6.45, 7) is 5.06. The van der Waals surface area contributed by atoms with Gasteiger partial charge in [0.2, 0.25) is 0 Å². The number of carbonyl (C=O) groups excluding carboxylic acids is 2. The van der Waals surface area contributed by atoms with Crippen LogP contribution in [0.2, 0.25) is 0 Å². The maximum absolute atomic E-state index is 12.1. The molecule has 2 rings (SSSR count). The Kier molecular flexibility index (Phi) is 4.41. The molecule has 0 bridgehead atoms. The molecule has 0 saturated carbocycles. The van der Waals surface area contributed by atoms with Crippen molar-refractivity contribution in [3.63, 3.8) is 0 Å². The maximum Gasteiger partial charge on any atom is 0.409 e. The number of hydrogen-bond acceptors (Lipinski definition) is 4. The highest BCUT2D eigenvalue weighted by Crippen LogP contribution is 2.16. The van der Waals surface area contributed by atoms with Gasteiger partial charge in [0.1, 0.15) is 6.10 Å². The van der Waals surface area contributed by atoms with Gasteiger partial charge in [-0.1, -0.05) is 0 Å². The molecule has 2 heterocycles. The molecule has 102 valence electrons. The van der Waals surface area contributed by atoms with Crippen LogP contribution in [-0.2, 0) is 14.3 Å². The Morgan fingerprint density at radius 2 is 1.89 bits per heavy atom. The molecule has 2 amide bonds. The van der Waals surface area contributed by atoms with Gasteiger partial charge in [-0.05, 0) is 19.8 Å². The van der Waals surface area contributed by atoms with Crippen molar-refractivity contribution in [2.45, 2.75) is 25.9 Å². The summed E-state index contributed by atoms with van der Waals surface area (Å²) in [5.41, 5.74) is 0. The number of ether oxygens (including phenoxy) is 2. The second kappa shape index (κ2) is 6.04. The molecule has 6 nitrogen and oxygen atoms in total. The smallest absolute Gasteiger partial charge is 0.409 e. The van der Waals surface area contributed by atoms with E-state index in [1.165, 1.54) is 0 Å². The molecule has 2 aliphatic rings. The summed E-state index contributed by atoms with van der Waals surface area (Å²) in [5, 5.41) is 0. The second-order valence-corrected chi connectivity index (χ2v) is 4.51. The van der Waals surface area contributed by atoms with Crippen LogP contribution in [0.3, 0.4) is 0 Å². The van der Waals surface area contributed by atoms with Crippen molar-refractivity contribution in [2.24, 2.45) is 0 Å². The molecule has 0 N–H and O–H groups in total. The SMILES string of the molecule is CCOC(=O)N1CCN(C(=O)[C@@H]2CCCO2)CC1. The van der Waals surface area contributed by atoms with Gasteiger partial charge in [-0.15, -0.1) is 0 Å². The van der Waals surface area contributed by atoms with Gasteiger partial charge in [0.25, 0.3) is 5.91 Å².